The van der Waals surface area contributed by atoms with Crippen LogP contribution >= 0.6 is 0 Å². The normalized spacial score (nSPS) is 26.4. The average Bonchev–Trinajstić information content (AvgIpc) is 2.83. The molecule has 1 heterocycles. The smallest absolute Gasteiger partial charge is 0.282 e. The molecule has 2 N–H and O–H groups in total. The molecule has 2 rings (SSSR count). The Morgan fingerprint density at radius 3 is 2.57 bits per heavy atom. The molecule has 0 aromatic carbocycles. The Hall–Kier alpha value is -1.33. The quantitative estimate of drug-likeness (QED) is 0.733. The maximum atomic E-state index is 12.4. The van der Waals surface area contributed by atoms with Gasteiger partial charge in [0, 0.05) is 0 Å². The van der Waals surface area contributed by atoms with Gasteiger partial charge in [-0.2, -0.15) is 10.2 Å². The first-order valence-corrected chi connectivity index (χ1v) is 4.34. The number of halogens is 2. The molecule has 1 fully saturated rings. The molecule has 0 saturated heterocycles. The fourth-order valence-electron chi connectivity index (χ4n) is 1.56. The van der Waals surface area contributed by atoms with Crippen molar-refractivity contribution in [3.63, 3.8) is 0 Å². The van der Waals surface area contributed by atoms with Crippen LogP contribution in [0, 0.1) is 5.92 Å². The molecule has 4 nitrogen and oxygen atoms in total. The molecule has 1 aliphatic carbocycles. The fraction of sp³-hybridized carbons (Fsp3) is 0.625. The highest BCUT2D eigenvalue weighted by Gasteiger charge is 2.41. The van der Waals surface area contributed by atoms with E-state index < -0.39 is 24.1 Å². The molecule has 1 amide bonds. The van der Waals surface area contributed by atoms with Crippen molar-refractivity contribution in [2.24, 2.45) is 21.9 Å². The number of nitrogens with two attached hydrogens (primary N) is 1. The van der Waals surface area contributed by atoms with Crippen LogP contribution in [0.2, 0.25) is 0 Å². The second kappa shape index (κ2) is 3.11. The number of carbonyl (C=O) groups is 1. The van der Waals surface area contributed by atoms with E-state index in [1.165, 1.54) is 0 Å². The predicted molar refractivity (Wildman–Crippen MR) is 43.6 cm³/mol. The molecule has 0 aromatic heterocycles. The molecule has 1 aliphatic heterocycles. The van der Waals surface area contributed by atoms with Gasteiger partial charge in [0.15, 0.2) is 0 Å². The Labute approximate surface area is 78.9 Å². The highest BCUT2D eigenvalue weighted by Crippen LogP contribution is 2.42. The largest absolute Gasteiger partial charge is 0.366 e. The lowest BCUT2D eigenvalue weighted by Gasteiger charge is -2.06. The van der Waals surface area contributed by atoms with Crippen molar-refractivity contribution < 1.29 is 13.6 Å². The molecule has 76 valence electrons. The van der Waals surface area contributed by atoms with Gasteiger partial charge in [-0.1, -0.05) is 0 Å². The van der Waals surface area contributed by atoms with E-state index in [1.807, 2.05) is 0 Å². The highest BCUT2D eigenvalue weighted by atomic mass is 19.3. The van der Waals surface area contributed by atoms with Crippen molar-refractivity contribution in [3.8, 4) is 0 Å². The molecular weight excluding hydrogens is 192 g/mol. The van der Waals surface area contributed by atoms with Crippen LogP contribution in [0.25, 0.3) is 0 Å². The summed E-state index contributed by atoms with van der Waals surface area (Å²) in [6.07, 6.45) is -0.974. The minimum Gasteiger partial charge on any atom is -0.366 e. The molecular formula is C8H9F2N3O. The zero-order valence-corrected chi connectivity index (χ0v) is 7.28. The van der Waals surface area contributed by atoms with Gasteiger partial charge < -0.3 is 5.73 Å². The molecule has 0 spiro atoms. The Bertz CT molecular complexity index is 333. The van der Waals surface area contributed by atoms with Crippen LogP contribution in [-0.4, -0.2) is 18.4 Å². The summed E-state index contributed by atoms with van der Waals surface area (Å²) >= 11 is 0. The van der Waals surface area contributed by atoms with Gasteiger partial charge >= 0.3 is 0 Å². The second-order valence-electron chi connectivity index (χ2n) is 3.46. The third-order valence-electron chi connectivity index (χ3n) is 2.40. The number of rotatable bonds is 3. The van der Waals surface area contributed by atoms with Crippen molar-refractivity contribution in [1.29, 1.82) is 0 Å². The van der Waals surface area contributed by atoms with E-state index in [4.69, 9.17) is 5.73 Å². The fourth-order valence-corrected chi connectivity index (χ4v) is 1.56. The first kappa shape index (κ1) is 9.23. The van der Waals surface area contributed by atoms with E-state index >= 15 is 0 Å². The monoisotopic (exact) mass is 201 g/mol. The van der Waals surface area contributed by atoms with Crippen molar-refractivity contribution in [1.82, 2.24) is 0 Å². The maximum absolute atomic E-state index is 12.4. The molecule has 1 unspecified atom stereocenters. The van der Waals surface area contributed by atoms with E-state index in [0.29, 0.717) is 0 Å². The van der Waals surface area contributed by atoms with Crippen LogP contribution in [0.3, 0.4) is 0 Å². The van der Waals surface area contributed by atoms with Crippen LogP contribution in [0.1, 0.15) is 12.8 Å². The number of carbonyl (C=O) groups excluding carboxylic acids is 1. The van der Waals surface area contributed by atoms with Crippen LogP contribution in [0.4, 0.5) is 8.78 Å². The lowest BCUT2D eigenvalue weighted by molar-refractivity contribution is -0.114. The number of nitrogens with zero attached hydrogens (tertiary/aromatic N) is 2. The number of alkyl halides is 2. The first-order valence-electron chi connectivity index (χ1n) is 4.34. The van der Waals surface area contributed by atoms with Gasteiger partial charge in [0.2, 0.25) is 5.91 Å². The number of amides is 1. The van der Waals surface area contributed by atoms with E-state index in [1.54, 1.807) is 0 Å². The molecule has 6 heteroatoms. The van der Waals surface area contributed by atoms with Crippen LogP contribution in [0.15, 0.2) is 21.5 Å². The number of hydrogen-bond donors (Lipinski definition) is 1. The predicted octanol–water partition coefficient (Wildman–Crippen LogP) is 1.24. The minimum absolute atomic E-state index is 0.0949. The van der Waals surface area contributed by atoms with Crippen molar-refractivity contribution in [3.05, 3.63) is 11.3 Å². The summed E-state index contributed by atoms with van der Waals surface area (Å²) in [7, 11) is 0. The molecule has 1 saturated carbocycles. The summed E-state index contributed by atoms with van der Waals surface area (Å²) in [5.41, 5.74) is 4.39. The Kier molecular flexibility index (Phi) is 2.05. The van der Waals surface area contributed by atoms with Gasteiger partial charge in [-0.3, -0.25) is 4.79 Å². The SMILES string of the molecule is NC(=O)C1=C(C(F)F)N=NC1C1CC1. The summed E-state index contributed by atoms with van der Waals surface area (Å²) in [6, 6.07) is -0.517. The van der Waals surface area contributed by atoms with E-state index in [0.717, 1.165) is 12.8 Å². The Morgan fingerprint density at radius 1 is 1.50 bits per heavy atom. The molecule has 0 radical (unpaired) electrons. The summed E-state index contributed by atoms with van der Waals surface area (Å²) < 4.78 is 24.8. The zero-order valence-electron chi connectivity index (χ0n) is 7.28. The van der Waals surface area contributed by atoms with Gasteiger partial charge in [-0.15, -0.1) is 0 Å². The van der Waals surface area contributed by atoms with E-state index in [9.17, 15) is 13.6 Å². The van der Waals surface area contributed by atoms with Crippen LogP contribution in [0.5, 0.6) is 0 Å². The summed E-state index contributed by atoms with van der Waals surface area (Å²) in [6.45, 7) is 0. The lowest BCUT2D eigenvalue weighted by atomic mass is 10.0. The third-order valence-corrected chi connectivity index (χ3v) is 2.40. The van der Waals surface area contributed by atoms with E-state index in [2.05, 4.69) is 10.2 Å². The van der Waals surface area contributed by atoms with Crippen LogP contribution < -0.4 is 5.73 Å². The minimum atomic E-state index is -2.77. The van der Waals surface area contributed by atoms with Crippen molar-refractivity contribution >= 4 is 5.91 Å². The zero-order chi connectivity index (χ0) is 10.3. The first-order chi connectivity index (χ1) is 6.61. The highest BCUT2D eigenvalue weighted by molar-refractivity contribution is 5.94. The number of allylic oxidation sites excluding steroid dienone is 1. The third kappa shape index (κ3) is 1.40. The van der Waals surface area contributed by atoms with E-state index in [-0.39, 0.29) is 11.5 Å². The topological polar surface area (TPSA) is 67.8 Å². The number of primary amides is 1. The van der Waals surface area contributed by atoms with Crippen molar-refractivity contribution in [2.45, 2.75) is 25.3 Å². The van der Waals surface area contributed by atoms with Gasteiger partial charge in [0.25, 0.3) is 6.43 Å². The summed E-state index contributed by atoms with van der Waals surface area (Å²) in [5, 5.41) is 7.01. The number of azo groups is 1. The Balaban J connectivity index is 2.32. The van der Waals surface area contributed by atoms with Gasteiger partial charge in [-0.25, -0.2) is 8.78 Å². The lowest BCUT2D eigenvalue weighted by Crippen LogP contribution is -2.24. The van der Waals surface area contributed by atoms with Crippen LogP contribution in [-0.2, 0) is 4.79 Å². The number of hydrogen-bond acceptors (Lipinski definition) is 3. The molecule has 1 atom stereocenters. The van der Waals surface area contributed by atoms with Gasteiger partial charge in [0.1, 0.15) is 11.7 Å². The van der Waals surface area contributed by atoms with Crippen molar-refractivity contribution in [2.75, 3.05) is 0 Å². The van der Waals surface area contributed by atoms with Gasteiger partial charge in [0.05, 0.1) is 5.57 Å². The standard InChI is InChI=1S/C8H9F2N3O/c9-7(10)6-4(8(11)14)5(12-13-6)3-1-2-3/h3,5,7H,1-2H2,(H2,11,14). The molecule has 0 bridgehead atoms. The molecule has 2 aliphatic rings. The second-order valence-corrected chi connectivity index (χ2v) is 3.46. The average molecular weight is 201 g/mol. The summed E-state index contributed by atoms with van der Waals surface area (Å²) in [5.74, 6) is -0.653. The van der Waals surface area contributed by atoms with Gasteiger partial charge in [-0.05, 0) is 18.8 Å². The Morgan fingerprint density at radius 2 is 2.14 bits per heavy atom. The summed E-state index contributed by atoms with van der Waals surface area (Å²) in [4.78, 5) is 11.0. The maximum Gasteiger partial charge on any atom is 0.282 e. The molecule has 0 aromatic rings. The molecule has 14 heavy (non-hydrogen) atoms.